The molecule has 1 aromatic heterocycles. The lowest BCUT2D eigenvalue weighted by Gasteiger charge is -2.24. The zero-order chi connectivity index (χ0) is 15.8. The number of aromatic nitrogens is 2. The van der Waals surface area contributed by atoms with E-state index in [0.717, 1.165) is 12.0 Å². The summed E-state index contributed by atoms with van der Waals surface area (Å²) < 4.78 is 39.0. The number of rotatable bonds is 4. The normalized spacial score (nSPS) is 18.1. The van der Waals surface area contributed by atoms with E-state index in [1.807, 2.05) is 24.0 Å². The molecular weight excluding hydrogens is 283 g/mol. The van der Waals surface area contributed by atoms with Gasteiger partial charge in [0.1, 0.15) is 5.56 Å². The molecule has 0 spiro atoms. The molecule has 4 nitrogen and oxygen atoms in total. The Hall–Kier alpha value is -1.63. The van der Waals surface area contributed by atoms with Crippen LogP contribution in [0.25, 0.3) is 0 Å². The molecule has 1 atom stereocenters. The summed E-state index contributed by atoms with van der Waals surface area (Å²) in [4.78, 5) is 13.4. The molecule has 1 unspecified atom stereocenters. The van der Waals surface area contributed by atoms with Gasteiger partial charge in [-0.15, -0.1) is 6.58 Å². The largest absolute Gasteiger partial charge is 0.422 e. The van der Waals surface area contributed by atoms with Crippen LogP contribution in [-0.4, -0.2) is 28.7 Å². The zero-order valence-corrected chi connectivity index (χ0v) is 12.0. The molecule has 1 aromatic rings. The maximum Gasteiger partial charge on any atom is 0.422 e. The average molecular weight is 301 g/mol. The van der Waals surface area contributed by atoms with Crippen molar-refractivity contribution in [3.8, 4) is 0 Å². The molecule has 1 aliphatic rings. The molecule has 0 saturated carbocycles. The Kier molecular flexibility index (Phi) is 4.22. The highest BCUT2D eigenvalue weighted by atomic mass is 19.4. The molecule has 1 N–H and O–H groups in total. The summed E-state index contributed by atoms with van der Waals surface area (Å²) in [5, 5.41) is 5.85. The summed E-state index contributed by atoms with van der Waals surface area (Å²) in [5.41, 5.74) is -0.857. The zero-order valence-electron chi connectivity index (χ0n) is 12.0. The van der Waals surface area contributed by atoms with Crippen molar-refractivity contribution in [2.24, 2.45) is 0 Å². The summed E-state index contributed by atoms with van der Waals surface area (Å²) in [7, 11) is 1.85. The van der Waals surface area contributed by atoms with Gasteiger partial charge < -0.3 is 0 Å². The molecule has 0 saturated heterocycles. The molecule has 0 radical (unpaired) electrons. The summed E-state index contributed by atoms with van der Waals surface area (Å²) in [5.74, 6) is 0. The van der Waals surface area contributed by atoms with Gasteiger partial charge in [-0.25, -0.2) is 5.10 Å². The van der Waals surface area contributed by atoms with Gasteiger partial charge in [-0.05, 0) is 38.8 Å². The van der Waals surface area contributed by atoms with E-state index in [2.05, 4.69) is 11.7 Å². The molecule has 0 aliphatic heterocycles. The predicted octanol–water partition coefficient (Wildman–Crippen LogP) is 2.67. The predicted molar refractivity (Wildman–Crippen MR) is 73.0 cm³/mol. The van der Waals surface area contributed by atoms with Crippen LogP contribution in [0.5, 0.6) is 0 Å². The van der Waals surface area contributed by atoms with Crippen molar-refractivity contribution in [2.75, 3.05) is 13.6 Å². The first-order valence-electron chi connectivity index (χ1n) is 6.75. The van der Waals surface area contributed by atoms with Gasteiger partial charge in [0.05, 0.1) is 11.7 Å². The van der Waals surface area contributed by atoms with Gasteiger partial charge in [-0.2, -0.15) is 18.3 Å². The Morgan fingerprint density at radius 2 is 2.19 bits per heavy atom. The van der Waals surface area contributed by atoms with Gasteiger partial charge in [0.15, 0.2) is 0 Å². The van der Waals surface area contributed by atoms with Crippen LogP contribution in [0.2, 0.25) is 0 Å². The fraction of sp³-hybridized carbons (Fsp3) is 0.571. The molecule has 0 bridgehead atoms. The van der Waals surface area contributed by atoms with E-state index in [1.54, 1.807) is 0 Å². The van der Waals surface area contributed by atoms with Crippen LogP contribution in [0.15, 0.2) is 16.9 Å². The van der Waals surface area contributed by atoms with Crippen LogP contribution in [-0.2, 0) is 12.6 Å². The number of aromatic amines is 1. The Labute approximate surface area is 120 Å². The number of fused-ring (bicyclic) bond motifs is 1. The van der Waals surface area contributed by atoms with Crippen LogP contribution in [0.1, 0.15) is 42.6 Å². The quantitative estimate of drug-likeness (QED) is 0.870. The van der Waals surface area contributed by atoms with Crippen LogP contribution in [0.4, 0.5) is 13.2 Å². The number of nitrogens with one attached hydrogen (secondary N) is 1. The fourth-order valence-electron chi connectivity index (χ4n) is 2.70. The third kappa shape index (κ3) is 3.18. The first kappa shape index (κ1) is 15.8. The smallest absolute Gasteiger partial charge is 0.297 e. The number of hydrogen-bond donors (Lipinski definition) is 1. The van der Waals surface area contributed by atoms with E-state index in [9.17, 15) is 18.0 Å². The second-order valence-electron chi connectivity index (χ2n) is 5.53. The number of hydrogen-bond acceptors (Lipinski definition) is 3. The molecule has 116 valence electrons. The molecule has 1 heterocycles. The third-order valence-corrected chi connectivity index (χ3v) is 3.81. The van der Waals surface area contributed by atoms with Crippen LogP contribution >= 0.6 is 0 Å². The van der Waals surface area contributed by atoms with Crippen molar-refractivity contribution in [1.82, 2.24) is 15.1 Å². The standard InChI is InChI=1S/C14H18F3N3O/c1-8(2)6-7-20(3)10-5-4-9-11(14(15,16)17)13(21)19-18-12(9)10/h10H,1,4-7H2,2-3H3,(H,19,21). The van der Waals surface area contributed by atoms with E-state index in [1.165, 1.54) is 0 Å². The molecule has 0 fully saturated rings. The average Bonchev–Trinajstić information content (AvgIpc) is 2.77. The lowest BCUT2D eigenvalue weighted by molar-refractivity contribution is -0.139. The molecule has 1 aliphatic carbocycles. The van der Waals surface area contributed by atoms with Gasteiger partial charge in [0.2, 0.25) is 0 Å². The van der Waals surface area contributed by atoms with Crippen LogP contribution in [0.3, 0.4) is 0 Å². The third-order valence-electron chi connectivity index (χ3n) is 3.81. The SMILES string of the molecule is C=C(C)CCN(C)C1CCc2c1n[nH]c(=O)c2C(F)(F)F. The molecule has 0 aromatic carbocycles. The minimum absolute atomic E-state index is 0.0402. The minimum Gasteiger partial charge on any atom is -0.297 e. The summed E-state index contributed by atoms with van der Waals surface area (Å²) in [6, 6.07) is -0.197. The highest BCUT2D eigenvalue weighted by molar-refractivity contribution is 5.36. The number of alkyl halides is 3. The number of H-pyrrole nitrogens is 1. The number of halogens is 3. The minimum atomic E-state index is -4.65. The van der Waals surface area contributed by atoms with E-state index < -0.39 is 17.3 Å². The Balaban J connectivity index is 2.33. The van der Waals surface area contributed by atoms with Crippen molar-refractivity contribution in [3.63, 3.8) is 0 Å². The second kappa shape index (κ2) is 5.63. The van der Waals surface area contributed by atoms with Crippen molar-refractivity contribution in [2.45, 2.75) is 38.4 Å². The first-order chi connectivity index (χ1) is 9.71. The monoisotopic (exact) mass is 301 g/mol. The lowest BCUT2D eigenvalue weighted by Crippen LogP contribution is -2.28. The second-order valence-corrected chi connectivity index (χ2v) is 5.53. The summed E-state index contributed by atoms with van der Waals surface area (Å²) in [6.45, 7) is 6.42. The molecule has 0 amide bonds. The fourth-order valence-corrected chi connectivity index (χ4v) is 2.70. The van der Waals surface area contributed by atoms with Gasteiger partial charge in [-0.3, -0.25) is 9.69 Å². The van der Waals surface area contributed by atoms with Crippen molar-refractivity contribution in [1.29, 1.82) is 0 Å². The van der Waals surface area contributed by atoms with Crippen molar-refractivity contribution in [3.05, 3.63) is 39.3 Å². The van der Waals surface area contributed by atoms with Gasteiger partial charge >= 0.3 is 6.18 Å². The molecule has 7 heteroatoms. The lowest BCUT2D eigenvalue weighted by atomic mass is 10.1. The van der Waals surface area contributed by atoms with Gasteiger partial charge in [-0.1, -0.05) is 5.57 Å². The summed E-state index contributed by atoms with van der Waals surface area (Å²) in [6.07, 6.45) is -3.11. The number of nitrogens with zero attached hydrogens (tertiary/aromatic N) is 2. The van der Waals surface area contributed by atoms with E-state index in [-0.39, 0.29) is 18.0 Å². The Morgan fingerprint density at radius 3 is 2.76 bits per heavy atom. The van der Waals surface area contributed by atoms with Crippen LogP contribution < -0.4 is 5.56 Å². The van der Waals surface area contributed by atoms with Crippen molar-refractivity contribution >= 4 is 0 Å². The molecular formula is C14H18F3N3O. The van der Waals surface area contributed by atoms with Gasteiger partial charge in [0, 0.05) is 6.54 Å². The van der Waals surface area contributed by atoms with E-state index in [4.69, 9.17) is 0 Å². The topological polar surface area (TPSA) is 49.0 Å². The van der Waals surface area contributed by atoms with E-state index in [0.29, 0.717) is 18.7 Å². The van der Waals surface area contributed by atoms with Crippen LogP contribution in [0, 0.1) is 0 Å². The maximum absolute atomic E-state index is 13.0. The summed E-state index contributed by atoms with van der Waals surface area (Å²) >= 11 is 0. The highest BCUT2D eigenvalue weighted by Crippen LogP contribution is 2.39. The van der Waals surface area contributed by atoms with Gasteiger partial charge in [0.25, 0.3) is 5.56 Å². The molecule has 2 rings (SSSR count). The first-order valence-corrected chi connectivity index (χ1v) is 6.75. The van der Waals surface area contributed by atoms with E-state index >= 15 is 0 Å². The van der Waals surface area contributed by atoms with Crippen molar-refractivity contribution < 1.29 is 13.2 Å². The molecule has 21 heavy (non-hydrogen) atoms. The maximum atomic E-state index is 13.0. The highest BCUT2D eigenvalue weighted by Gasteiger charge is 2.41. The Morgan fingerprint density at radius 1 is 1.52 bits per heavy atom. The Bertz CT molecular complexity index is 606.